The second-order valence-electron chi connectivity index (χ2n) is 5.21. The van der Waals surface area contributed by atoms with Gasteiger partial charge in [-0.05, 0) is 50.3 Å². The van der Waals surface area contributed by atoms with Crippen LogP contribution in [0.15, 0.2) is 29.6 Å². The fourth-order valence-electron chi connectivity index (χ4n) is 1.92. The van der Waals surface area contributed by atoms with Gasteiger partial charge < -0.3 is 10.6 Å². The van der Waals surface area contributed by atoms with Gasteiger partial charge in [0.15, 0.2) is 0 Å². The summed E-state index contributed by atoms with van der Waals surface area (Å²) in [6.45, 7) is 4.37. The van der Waals surface area contributed by atoms with Crippen LogP contribution in [0.4, 0.5) is 0 Å². The van der Waals surface area contributed by atoms with E-state index in [1.165, 1.54) is 15.6 Å². The van der Waals surface area contributed by atoms with Crippen molar-refractivity contribution in [2.24, 2.45) is 5.73 Å². The summed E-state index contributed by atoms with van der Waals surface area (Å²) in [5.74, 6) is 0. The van der Waals surface area contributed by atoms with E-state index >= 15 is 0 Å². The first-order valence-corrected chi connectivity index (χ1v) is 6.71. The Bertz CT molecular complexity index is 514. The lowest BCUT2D eigenvalue weighted by molar-refractivity contribution is 0.159. The fraction of sp³-hybridized carbons (Fsp3) is 0.429. The Morgan fingerprint density at radius 2 is 1.94 bits per heavy atom. The minimum absolute atomic E-state index is 0.0137. The molecular formula is C14H20N2S. The van der Waals surface area contributed by atoms with Crippen molar-refractivity contribution in [1.29, 1.82) is 0 Å². The lowest BCUT2D eigenvalue weighted by Gasteiger charge is -2.38. The van der Waals surface area contributed by atoms with Crippen LogP contribution >= 0.6 is 11.3 Å². The van der Waals surface area contributed by atoms with Crippen LogP contribution < -0.4 is 5.73 Å². The lowest BCUT2D eigenvalue weighted by Crippen LogP contribution is -2.47. The maximum atomic E-state index is 6.46. The molecule has 0 amide bonds. The molecule has 0 saturated carbocycles. The summed E-state index contributed by atoms with van der Waals surface area (Å²) in [6.07, 6.45) is 0. The van der Waals surface area contributed by atoms with Gasteiger partial charge in [-0.2, -0.15) is 0 Å². The highest BCUT2D eigenvalue weighted by Gasteiger charge is 2.30. The molecule has 1 heterocycles. The van der Waals surface area contributed by atoms with E-state index in [-0.39, 0.29) is 11.6 Å². The summed E-state index contributed by atoms with van der Waals surface area (Å²) in [6, 6.07) is 8.55. The van der Waals surface area contributed by atoms with Crippen molar-refractivity contribution < 1.29 is 0 Å². The van der Waals surface area contributed by atoms with Crippen LogP contribution in [0.5, 0.6) is 0 Å². The van der Waals surface area contributed by atoms with E-state index < -0.39 is 0 Å². The molecule has 1 aromatic heterocycles. The third-order valence-electron chi connectivity index (χ3n) is 3.76. The summed E-state index contributed by atoms with van der Waals surface area (Å²) >= 11 is 1.77. The highest BCUT2D eigenvalue weighted by atomic mass is 32.1. The summed E-state index contributed by atoms with van der Waals surface area (Å²) in [5, 5.41) is 3.42. The molecule has 2 nitrogen and oxygen atoms in total. The first kappa shape index (κ1) is 12.6. The summed E-state index contributed by atoms with van der Waals surface area (Å²) in [4.78, 5) is 2.18. The van der Waals surface area contributed by atoms with E-state index in [0.29, 0.717) is 0 Å². The van der Waals surface area contributed by atoms with Gasteiger partial charge in [-0.1, -0.05) is 18.2 Å². The average molecular weight is 248 g/mol. The first-order valence-electron chi connectivity index (χ1n) is 5.83. The van der Waals surface area contributed by atoms with E-state index in [9.17, 15) is 0 Å². The minimum atomic E-state index is -0.0573. The summed E-state index contributed by atoms with van der Waals surface area (Å²) < 4.78 is 1.31. The molecule has 3 heteroatoms. The number of likely N-dealkylation sites (N-methyl/N-ethyl adjacent to an activating group) is 1. The molecule has 0 bridgehead atoms. The Balaban J connectivity index is 2.50. The molecular weight excluding hydrogens is 228 g/mol. The Morgan fingerprint density at radius 1 is 1.24 bits per heavy atom. The van der Waals surface area contributed by atoms with Crippen molar-refractivity contribution in [3.05, 3.63) is 35.2 Å². The molecule has 1 aromatic carbocycles. The van der Waals surface area contributed by atoms with Crippen LogP contribution in [0.2, 0.25) is 0 Å². The SMILES string of the molecule is CN(C)C(C)(C)C(N)c1cccc2ccsc12. The molecule has 0 radical (unpaired) electrons. The third-order valence-corrected chi connectivity index (χ3v) is 4.74. The standard InChI is InChI=1S/C14H20N2S/c1-14(2,16(3)4)13(15)11-7-5-6-10-8-9-17-12(10)11/h5-9,13H,15H2,1-4H3. The first-order chi connectivity index (χ1) is 7.94. The van der Waals surface area contributed by atoms with Gasteiger partial charge in [-0.15, -0.1) is 11.3 Å². The van der Waals surface area contributed by atoms with Crippen LogP contribution in [-0.2, 0) is 0 Å². The van der Waals surface area contributed by atoms with E-state index in [1.807, 2.05) is 0 Å². The number of rotatable bonds is 3. The number of hydrogen-bond donors (Lipinski definition) is 1. The molecule has 0 fully saturated rings. The molecule has 0 aliphatic rings. The monoisotopic (exact) mass is 248 g/mol. The number of nitrogens with zero attached hydrogens (tertiary/aromatic N) is 1. The predicted molar refractivity (Wildman–Crippen MR) is 76.5 cm³/mol. The Kier molecular flexibility index (Phi) is 3.25. The second-order valence-corrected chi connectivity index (χ2v) is 6.13. The Labute approximate surface area is 107 Å². The third kappa shape index (κ3) is 2.10. The van der Waals surface area contributed by atoms with Gasteiger partial charge in [0, 0.05) is 16.3 Å². The van der Waals surface area contributed by atoms with E-state index in [0.717, 1.165) is 0 Å². The summed E-state index contributed by atoms with van der Waals surface area (Å²) in [5.41, 5.74) is 7.65. The highest BCUT2D eigenvalue weighted by Crippen LogP contribution is 2.34. The van der Waals surface area contributed by atoms with Crippen LogP contribution in [0.25, 0.3) is 10.1 Å². The van der Waals surface area contributed by atoms with E-state index in [1.54, 1.807) is 11.3 Å². The molecule has 0 aliphatic carbocycles. The maximum Gasteiger partial charge on any atom is 0.0490 e. The lowest BCUT2D eigenvalue weighted by atomic mass is 9.88. The highest BCUT2D eigenvalue weighted by molar-refractivity contribution is 7.17. The normalized spacial score (nSPS) is 14.5. The Hall–Kier alpha value is -0.900. The number of benzene rings is 1. The molecule has 0 spiro atoms. The van der Waals surface area contributed by atoms with Crippen molar-refractivity contribution in [2.75, 3.05) is 14.1 Å². The molecule has 2 rings (SSSR count). The largest absolute Gasteiger partial charge is 0.322 e. The molecule has 2 N–H and O–H groups in total. The molecule has 1 atom stereocenters. The van der Waals surface area contributed by atoms with Gasteiger partial charge in [0.1, 0.15) is 0 Å². The topological polar surface area (TPSA) is 29.3 Å². The van der Waals surface area contributed by atoms with Crippen LogP contribution in [0.1, 0.15) is 25.5 Å². The van der Waals surface area contributed by atoms with Crippen molar-refractivity contribution in [2.45, 2.75) is 25.4 Å². The maximum absolute atomic E-state index is 6.46. The van der Waals surface area contributed by atoms with Crippen LogP contribution in [0, 0.1) is 0 Å². The molecule has 92 valence electrons. The molecule has 0 aliphatic heterocycles. The average Bonchev–Trinajstić information content (AvgIpc) is 2.75. The fourth-order valence-corrected chi connectivity index (χ4v) is 2.87. The number of hydrogen-bond acceptors (Lipinski definition) is 3. The van der Waals surface area contributed by atoms with Crippen molar-refractivity contribution in [3.63, 3.8) is 0 Å². The zero-order valence-corrected chi connectivity index (χ0v) is 11.7. The number of nitrogens with two attached hydrogens (primary N) is 1. The van der Waals surface area contributed by atoms with Gasteiger partial charge in [0.25, 0.3) is 0 Å². The van der Waals surface area contributed by atoms with Crippen LogP contribution in [-0.4, -0.2) is 24.5 Å². The minimum Gasteiger partial charge on any atom is -0.322 e. The van der Waals surface area contributed by atoms with Crippen molar-refractivity contribution >= 4 is 21.4 Å². The van der Waals surface area contributed by atoms with Gasteiger partial charge in [0.2, 0.25) is 0 Å². The zero-order chi connectivity index (χ0) is 12.6. The molecule has 17 heavy (non-hydrogen) atoms. The molecule has 0 saturated heterocycles. The predicted octanol–water partition coefficient (Wildman–Crippen LogP) is 3.24. The van der Waals surface area contributed by atoms with Gasteiger partial charge in [0.05, 0.1) is 0 Å². The Morgan fingerprint density at radius 3 is 2.59 bits per heavy atom. The zero-order valence-electron chi connectivity index (χ0n) is 10.9. The number of fused-ring (bicyclic) bond motifs is 1. The van der Waals surface area contributed by atoms with Gasteiger partial charge in [-0.25, -0.2) is 0 Å². The summed E-state index contributed by atoms with van der Waals surface area (Å²) in [7, 11) is 4.16. The van der Waals surface area contributed by atoms with Crippen molar-refractivity contribution in [1.82, 2.24) is 4.90 Å². The number of thiophene rings is 1. The van der Waals surface area contributed by atoms with Crippen LogP contribution in [0.3, 0.4) is 0 Å². The molecule has 2 aromatic rings. The van der Waals surface area contributed by atoms with Gasteiger partial charge in [-0.3, -0.25) is 0 Å². The second kappa shape index (κ2) is 4.41. The molecule has 1 unspecified atom stereocenters. The smallest absolute Gasteiger partial charge is 0.0490 e. The quantitative estimate of drug-likeness (QED) is 0.903. The van der Waals surface area contributed by atoms with Gasteiger partial charge >= 0.3 is 0 Å². The van der Waals surface area contributed by atoms with Crippen molar-refractivity contribution in [3.8, 4) is 0 Å². The van der Waals surface area contributed by atoms with E-state index in [4.69, 9.17) is 5.73 Å². The van der Waals surface area contributed by atoms with E-state index in [2.05, 4.69) is 62.5 Å².